The van der Waals surface area contributed by atoms with Crippen molar-refractivity contribution >= 4 is 27.4 Å². The van der Waals surface area contributed by atoms with Crippen molar-refractivity contribution in [2.45, 2.75) is 37.7 Å². The number of alkyl halides is 3. The van der Waals surface area contributed by atoms with Gasteiger partial charge < -0.3 is 5.32 Å². The van der Waals surface area contributed by atoms with Crippen LogP contribution in [0.25, 0.3) is 11.1 Å². The average molecular weight is 618 g/mol. The molecule has 3 aromatic rings. The Labute approximate surface area is 248 Å². The van der Waals surface area contributed by atoms with Crippen LogP contribution < -0.4 is 14.9 Å². The lowest BCUT2D eigenvalue weighted by atomic mass is 10.0. The molecule has 1 aliphatic heterocycles. The van der Waals surface area contributed by atoms with Crippen LogP contribution in [0.2, 0.25) is 0 Å². The molecule has 1 saturated heterocycles. The molecule has 0 aromatic heterocycles. The predicted octanol–water partition coefficient (Wildman–Crippen LogP) is 5.82. The summed E-state index contributed by atoms with van der Waals surface area (Å²) >= 11 is 0. The Balaban J connectivity index is 1.54. The number of carbonyl (C=O) groups excluding carboxylic acids is 1. The number of hydrogen-bond acceptors (Lipinski definition) is 5. The number of nitrogens with one attached hydrogen (secondary N) is 2. The summed E-state index contributed by atoms with van der Waals surface area (Å²) < 4.78 is 80.9. The Morgan fingerprint density at radius 2 is 1.81 bits per heavy atom. The van der Waals surface area contributed by atoms with E-state index in [1.165, 1.54) is 4.90 Å². The van der Waals surface area contributed by atoms with Gasteiger partial charge in [-0.05, 0) is 80.4 Å². The number of benzene rings is 3. The number of nitrogens with zero attached hydrogens (tertiary/aromatic N) is 3. The Hall–Kier alpha value is -3.99. The van der Waals surface area contributed by atoms with Crippen LogP contribution in [-0.2, 0) is 16.2 Å². The summed E-state index contributed by atoms with van der Waals surface area (Å²) in [5, 5.41) is 11.1. The van der Waals surface area contributed by atoms with Gasteiger partial charge in [0.15, 0.2) is 0 Å². The lowest BCUT2D eigenvalue weighted by Gasteiger charge is -2.26. The van der Waals surface area contributed by atoms with Crippen LogP contribution in [0, 0.1) is 17.1 Å². The third-order valence-electron chi connectivity index (χ3n) is 7.14. The van der Waals surface area contributed by atoms with Crippen LogP contribution in [-0.4, -0.2) is 56.8 Å². The molecule has 0 bridgehead atoms. The minimum atomic E-state index is -4.94. The van der Waals surface area contributed by atoms with Gasteiger partial charge in [0, 0.05) is 37.1 Å². The smallest absolute Gasteiger partial charge is 0.308 e. The lowest BCUT2D eigenvalue weighted by Crippen LogP contribution is -2.43. The summed E-state index contributed by atoms with van der Waals surface area (Å²) in [6, 6.07) is 17.2. The number of hydrogen-bond donors (Lipinski definition) is 2. The van der Waals surface area contributed by atoms with Crippen LogP contribution in [0.3, 0.4) is 0 Å². The predicted molar refractivity (Wildman–Crippen MR) is 156 cm³/mol. The largest absolute Gasteiger partial charge is 0.419 e. The molecule has 2 N–H and O–H groups in total. The Bertz CT molecular complexity index is 1610. The summed E-state index contributed by atoms with van der Waals surface area (Å²) in [6.45, 7) is 4.69. The van der Waals surface area contributed by atoms with Gasteiger partial charge in [0.25, 0.3) is 0 Å². The number of nitriles is 1. The standard InChI is InChI=1S/C30H31F4N5O3S/c1-20(2)43(41,42)37-25-12-13-38(19-25)14-15-39(29(40)36-24-8-11-28(31)27(17-24)30(32,33)34)26-9-6-22(7-10-26)23-5-3-4-21(16-23)18-35/h3-11,16-17,20,25,37H,12-15,19H2,1-2H3,(H,36,40)/t25-/m1/s1. The van der Waals surface area contributed by atoms with Gasteiger partial charge in [0.2, 0.25) is 10.0 Å². The molecule has 0 unspecified atom stereocenters. The fourth-order valence-electron chi connectivity index (χ4n) is 4.70. The molecule has 3 aromatic carbocycles. The molecule has 0 saturated carbocycles. The highest BCUT2D eigenvalue weighted by Crippen LogP contribution is 2.33. The Kier molecular flexibility index (Phi) is 9.74. The van der Waals surface area contributed by atoms with E-state index in [1.807, 2.05) is 11.0 Å². The van der Waals surface area contributed by atoms with E-state index >= 15 is 0 Å². The number of anilines is 2. The zero-order valence-corrected chi connectivity index (χ0v) is 24.3. The number of halogens is 4. The van der Waals surface area contributed by atoms with Crippen LogP contribution in [0.5, 0.6) is 0 Å². The summed E-state index contributed by atoms with van der Waals surface area (Å²) in [4.78, 5) is 16.8. The molecular weight excluding hydrogens is 586 g/mol. The van der Waals surface area contributed by atoms with Gasteiger partial charge in [-0.1, -0.05) is 24.3 Å². The molecule has 1 fully saturated rings. The molecule has 2 amide bonds. The molecule has 1 aliphatic rings. The first-order valence-electron chi connectivity index (χ1n) is 13.6. The van der Waals surface area contributed by atoms with E-state index in [0.29, 0.717) is 49.4 Å². The van der Waals surface area contributed by atoms with Crippen LogP contribution in [0.15, 0.2) is 66.7 Å². The van der Waals surface area contributed by atoms with Crippen LogP contribution in [0.4, 0.5) is 33.7 Å². The number of carbonyl (C=O) groups is 1. The number of sulfonamides is 1. The summed E-state index contributed by atoms with van der Waals surface area (Å²) in [5.41, 5.74) is 0.798. The normalized spacial score (nSPS) is 15.8. The molecular formula is C30H31F4N5O3S. The highest BCUT2D eigenvalue weighted by molar-refractivity contribution is 7.90. The van der Waals surface area contributed by atoms with Gasteiger partial charge in [-0.3, -0.25) is 9.80 Å². The van der Waals surface area contributed by atoms with E-state index in [2.05, 4.69) is 16.1 Å². The number of rotatable bonds is 9. The van der Waals surface area contributed by atoms with Gasteiger partial charge in [-0.25, -0.2) is 22.3 Å². The zero-order chi connectivity index (χ0) is 31.4. The first-order chi connectivity index (χ1) is 20.3. The van der Waals surface area contributed by atoms with E-state index < -0.39 is 38.9 Å². The fourth-order valence-corrected chi connectivity index (χ4v) is 5.63. The topological polar surface area (TPSA) is 106 Å². The molecule has 228 valence electrons. The monoisotopic (exact) mass is 617 g/mol. The van der Waals surface area contributed by atoms with E-state index in [1.54, 1.807) is 56.3 Å². The molecule has 43 heavy (non-hydrogen) atoms. The minimum Gasteiger partial charge on any atom is -0.308 e. The third kappa shape index (κ3) is 8.10. The minimum absolute atomic E-state index is 0.131. The highest BCUT2D eigenvalue weighted by atomic mass is 32.2. The van der Waals surface area contributed by atoms with Crippen molar-refractivity contribution in [2.24, 2.45) is 0 Å². The molecule has 1 heterocycles. The molecule has 0 spiro atoms. The lowest BCUT2D eigenvalue weighted by molar-refractivity contribution is -0.139. The summed E-state index contributed by atoms with van der Waals surface area (Å²) in [5.74, 6) is -1.45. The SMILES string of the molecule is CC(C)S(=O)(=O)N[C@@H]1CCN(CCN(C(=O)Nc2ccc(F)c(C(F)(F)F)c2)c2ccc(-c3cccc(C#N)c3)cc2)C1. The Morgan fingerprint density at radius 3 is 2.47 bits per heavy atom. The molecule has 1 atom stereocenters. The fraction of sp³-hybridized carbons (Fsp3) is 0.333. The van der Waals surface area contributed by atoms with Crippen molar-refractivity contribution in [3.63, 3.8) is 0 Å². The number of urea groups is 1. The number of amides is 2. The highest BCUT2D eigenvalue weighted by Gasteiger charge is 2.34. The zero-order valence-electron chi connectivity index (χ0n) is 23.5. The van der Waals surface area contributed by atoms with Gasteiger partial charge in [-0.15, -0.1) is 0 Å². The van der Waals surface area contributed by atoms with E-state index in [9.17, 15) is 36.0 Å². The van der Waals surface area contributed by atoms with Gasteiger partial charge in [0.1, 0.15) is 5.82 Å². The second-order valence-corrected chi connectivity index (χ2v) is 12.8. The molecule has 4 rings (SSSR count). The third-order valence-corrected chi connectivity index (χ3v) is 9.04. The Morgan fingerprint density at radius 1 is 1.09 bits per heavy atom. The molecule has 0 aliphatic carbocycles. The van der Waals surface area contributed by atoms with Crippen LogP contribution >= 0.6 is 0 Å². The average Bonchev–Trinajstić information content (AvgIpc) is 3.40. The van der Waals surface area contributed by atoms with Crippen molar-refractivity contribution in [1.29, 1.82) is 5.26 Å². The maximum atomic E-state index is 13.8. The van der Waals surface area contributed by atoms with Crippen molar-refractivity contribution in [2.75, 3.05) is 36.4 Å². The van der Waals surface area contributed by atoms with Crippen molar-refractivity contribution in [3.8, 4) is 17.2 Å². The second kappa shape index (κ2) is 13.1. The van der Waals surface area contributed by atoms with Crippen LogP contribution in [0.1, 0.15) is 31.4 Å². The summed E-state index contributed by atoms with van der Waals surface area (Å²) in [6.07, 6.45) is -4.35. The molecule has 0 radical (unpaired) electrons. The van der Waals surface area contributed by atoms with E-state index in [0.717, 1.165) is 17.2 Å². The van der Waals surface area contributed by atoms with Gasteiger partial charge in [0.05, 0.1) is 22.4 Å². The number of likely N-dealkylation sites (tertiary alicyclic amines) is 1. The maximum Gasteiger partial charge on any atom is 0.419 e. The maximum absolute atomic E-state index is 13.8. The quantitative estimate of drug-likeness (QED) is 0.294. The van der Waals surface area contributed by atoms with Gasteiger partial charge in [-0.2, -0.15) is 18.4 Å². The summed E-state index contributed by atoms with van der Waals surface area (Å²) in [7, 11) is -3.45. The first-order valence-corrected chi connectivity index (χ1v) is 15.1. The second-order valence-electron chi connectivity index (χ2n) is 10.5. The van der Waals surface area contributed by atoms with E-state index in [4.69, 9.17) is 0 Å². The van der Waals surface area contributed by atoms with Crippen molar-refractivity contribution < 1.29 is 30.8 Å². The van der Waals surface area contributed by atoms with Gasteiger partial charge >= 0.3 is 12.2 Å². The molecule has 8 nitrogen and oxygen atoms in total. The van der Waals surface area contributed by atoms with E-state index in [-0.39, 0.29) is 18.3 Å². The first kappa shape index (κ1) is 31.9. The van der Waals surface area contributed by atoms with Crippen molar-refractivity contribution in [1.82, 2.24) is 9.62 Å². The van der Waals surface area contributed by atoms with Crippen molar-refractivity contribution in [3.05, 3.63) is 83.7 Å². The molecule has 13 heteroatoms.